The normalized spacial score (nSPS) is 15.8. The van der Waals surface area contributed by atoms with Crippen LogP contribution >= 0.6 is 0 Å². The van der Waals surface area contributed by atoms with Gasteiger partial charge in [0.05, 0.1) is 23.3 Å². The third-order valence-electron chi connectivity index (χ3n) is 5.12. The Kier molecular flexibility index (Phi) is 5.26. The van der Waals surface area contributed by atoms with Crippen molar-refractivity contribution in [1.29, 1.82) is 5.26 Å². The van der Waals surface area contributed by atoms with E-state index >= 15 is 0 Å². The fourth-order valence-corrected chi connectivity index (χ4v) is 3.73. The highest BCUT2D eigenvalue weighted by molar-refractivity contribution is 6.02. The van der Waals surface area contributed by atoms with Crippen LogP contribution in [0.1, 0.15) is 40.2 Å². The van der Waals surface area contributed by atoms with Crippen LogP contribution in [-0.2, 0) is 11.3 Å². The van der Waals surface area contributed by atoms with Gasteiger partial charge in [0.2, 0.25) is 17.6 Å². The molecule has 2 amide bonds. The van der Waals surface area contributed by atoms with E-state index in [0.717, 1.165) is 19.1 Å². The molecule has 1 fully saturated rings. The number of rotatable bonds is 6. The SMILES string of the molecule is N#CCC(=O)N1CCCC1Cn1c(NC(=O)c2ccno2)nc2cc(C=O)ccc21. The standard InChI is InChI=1S/C20H18N6O4/c21-7-5-18(28)25-9-1-2-14(25)11-26-16-4-3-13(12-27)10-15(16)23-20(26)24-19(29)17-6-8-22-30-17/h3-4,6,8,10,12,14H,1-2,5,9,11H2,(H,23,24,29). The smallest absolute Gasteiger partial charge is 0.296 e. The average Bonchev–Trinajstić information content (AvgIpc) is 3.49. The Morgan fingerprint density at radius 2 is 2.23 bits per heavy atom. The summed E-state index contributed by atoms with van der Waals surface area (Å²) in [6.45, 7) is 0.979. The number of nitrogens with one attached hydrogen (secondary N) is 1. The second kappa shape index (κ2) is 8.16. The lowest BCUT2D eigenvalue weighted by Gasteiger charge is -2.25. The molecule has 1 aliphatic heterocycles. The Hall–Kier alpha value is -4.00. The molecule has 3 aromatic rings. The minimum atomic E-state index is -0.511. The van der Waals surface area contributed by atoms with Gasteiger partial charge in [-0.3, -0.25) is 19.7 Å². The van der Waals surface area contributed by atoms with Gasteiger partial charge >= 0.3 is 0 Å². The molecule has 3 heterocycles. The maximum absolute atomic E-state index is 12.5. The van der Waals surface area contributed by atoms with Gasteiger partial charge < -0.3 is 14.0 Å². The molecule has 2 aromatic heterocycles. The van der Waals surface area contributed by atoms with E-state index in [9.17, 15) is 14.4 Å². The Morgan fingerprint density at radius 3 is 2.97 bits per heavy atom. The van der Waals surface area contributed by atoms with E-state index in [0.29, 0.717) is 29.7 Å². The minimum absolute atomic E-state index is 0.0360. The van der Waals surface area contributed by atoms with Crippen molar-refractivity contribution in [2.45, 2.75) is 31.8 Å². The monoisotopic (exact) mass is 406 g/mol. The largest absolute Gasteiger partial charge is 0.351 e. The molecule has 10 nitrogen and oxygen atoms in total. The molecular formula is C20H18N6O4. The second-order valence-electron chi connectivity index (χ2n) is 6.96. The lowest BCUT2D eigenvalue weighted by atomic mass is 10.2. The molecule has 0 radical (unpaired) electrons. The number of carbonyl (C=O) groups excluding carboxylic acids is 3. The first-order chi connectivity index (χ1) is 14.6. The molecule has 1 N–H and O–H groups in total. The Morgan fingerprint density at radius 1 is 1.37 bits per heavy atom. The molecule has 1 atom stereocenters. The third kappa shape index (κ3) is 3.65. The first-order valence-corrected chi connectivity index (χ1v) is 9.44. The summed E-state index contributed by atoms with van der Waals surface area (Å²) in [6, 6.07) is 8.27. The minimum Gasteiger partial charge on any atom is -0.351 e. The van der Waals surface area contributed by atoms with Gasteiger partial charge in [0.25, 0.3) is 5.91 Å². The van der Waals surface area contributed by atoms with E-state index in [4.69, 9.17) is 9.78 Å². The van der Waals surface area contributed by atoms with Crippen LogP contribution in [0.3, 0.4) is 0 Å². The number of fused-ring (bicyclic) bond motifs is 1. The summed E-state index contributed by atoms with van der Waals surface area (Å²) in [5.41, 5.74) is 1.72. The van der Waals surface area contributed by atoms with Crippen molar-refractivity contribution >= 4 is 35.1 Å². The van der Waals surface area contributed by atoms with Gasteiger partial charge in [-0.25, -0.2) is 4.98 Å². The van der Waals surface area contributed by atoms with Gasteiger partial charge in [-0.1, -0.05) is 5.16 Å². The predicted molar refractivity (Wildman–Crippen MR) is 105 cm³/mol. The summed E-state index contributed by atoms with van der Waals surface area (Å²) in [5, 5.41) is 15.1. The van der Waals surface area contributed by atoms with Crippen molar-refractivity contribution in [3.63, 3.8) is 0 Å². The molecule has 4 rings (SSSR count). The molecule has 0 aliphatic carbocycles. The Balaban J connectivity index is 1.69. The van der Waals surface area contributed by atoms with Crippen molar-refractivity contribution in [2.75, 3.05) is 11.9 Å². The van der Waals surface area contributed by atoms with E-state index < -0.39 is 5.91 Å². The Labute approximate surface area is 171 Å². The van der Waals surface area contributed by atoms with Crippen LogP contribution in [0.4, 0.5) is 5.95 Å². The highest BCUT2D eigenvalue weighted by Gasteiger charge is 2.30. The van der Waals surface area contributed by atoms with Crippen molar-refractivity contribution in [3.8, 4) is 6.07 Å². The molecule has 30 heavy (non-hydrogen) atoms. The number of benzene rings is 1. The lowest BCUT2D eigenvalue weighted by Crippen LogP contribution is -2.38. The number of carbonyl (C=O) groups is 3. The molecule has 1 aliphatic rings. The summed E-state index contributed by atoms with van der Waals surface area (Å²) in [6.07, 6.45) is 3.54. The molecular weight excluding hydrogens is 388 g/mol. The molecule has 0 spiro atoms. The van der Waals surface area contributed by atoms with E-state index in [1.807, 2.05) is 6.07 Å². The summed E-state index contributed by atoms with van der Waals surface area (Å²) < 4.78 is 6.70. The molecule has 0 saturated carbocycles. The fraction of sp³-hybridized carbons (Fsp3) is 0.300. The summed E-state index contributed by atoms with van der Waals surface area (Å²) in [5.74, 6) is -0.411. The summed E-state index contributed by atoms with van der Waals surface area (Å²) >= 11 is 0. The van der Waals surface area contributed by atoms with Gasteiger partial charge in [-0.15, -0.1) is 0 Å². The van der Waals surface area contributed by atoms with Gasteiger partial charge in [-0.05, 0) is 31.0 Å². The number of hydrogen-bond donors (Lipinski definition) is 1. The van der Waals surface area contributed by atoms with E-state index in [2.05, 4.69) is 15.5 Å². The molecule has 10 heteroatoms. The second-order valence-corrected chi connectivity index (χ2v) is 6.96. The van der Waals surface area contributed by atoms with E-state index in [1.165, 1.54) is 12.3 Å². The number of nitriles is 1. The van der Waals surface area contributed by atoms with Gasteiger partial charge in [0, 0.05) is 30.8 Å². The first kappa shape index (κ1) is 19.3. The van der Waals surface area contributed by atoms with Crippen LogP contribution in [0.2, 0.25) is 0 Å². The van der Waals surface area contributed by atoms with Gasteiger partial charge in [-0.2, -0.15) is 5.26 Å². The summed E-state index contributed by atoms with van der Waals surface area (Å²) in [4.78, 5) is 42.1. The molecule has 152 valence electrons. The van der Waals surface area contributed by atoms with E-state index in [-0.39, 0.29) is 30.1 Å². The zero-order valence-electron chi connectivity index (χ0n) is 15.9. The number of nitrogens with zero attached hydrogens (tertiary/aromatic N) is 5. The van der Waals surface area contributed by atoms with Crippen LogP contribution in [0.5, 0.6) is 0 Å². The number of aldehydes is 1. The fourth-order valence-electron chi connectivity index (χ4n) is 3.73. The third-order valence-corrected chi connectivity index (χ3v) is 5.12. The Bertz CT molecular complexity index is 1140. The number of amides is 2. The number of aromatic nitrogens is 3. The summed E-state index contributed by atoms with van der Waals surface area (Å²) in [7, 11) is 0. The molecule has 1 aromatic carbocycles. The number of hydrogen-bond acceptors (Lipinski definition) is 7. The van der Waals surface area contributed by atoms with Gasteiger partial charge in [0.15, 0.2) is 0 Å². The highest BCUT2D eigenvalue weighted by Crippen LogP contribution is 2.26. The van der Waals surface area contributed by atoms with Crippen LogP contribution in [0.25, 0.3) is 11.0 Å². The van der Waals surface area contributed by atoms with Crippen molar-refractivity contribution in [2.24, 2.45) is 0 Å². The van der Waals surface area contributed by atoms with Crippen molar-refractivity contribution < 1.29 is 18.9 Å². The molecule has 1 saturated heterocycles. The van der Waals surface area contributed by atoms with Crippen LogP contribution in [0.15, 0.2) is 35.0 Å². The number of likely N-dealkylation sites (tertiary alicyclic amines) is 1. The van der Waals surface area contributed by atoms with Gasteiger partial charge in [0.1, 0.15) is 12.7 Å². The van der Waals surface area contributed by atoms with E-state index in [1.54, 1.807) is 27.7 Å². The van der Waals surface area contributed by atoms with Crippen LogP contribution in [-0.4, -0.2) is 50.3 Å². The van der Waals surface area contributed by atoms with Crippen molar-refractivity contribution in [3.05, 3.63) is 41.8 Å². The number of anilines is 1. The lowest BCUT2D eigenvalue weighted by molar-refractivity contribution is -0.131. The van der Waals surface area contributed by atoms with Crippen molar-refractivity contribution in [1.82, 2.24) is 19.6 Å². The maximum Gasteiger partial charge on any atom is 0.296 e. The predicted octanol–water partition coefficient (Wildman–Crippen LogP) is 1.99. The van der Waals surface area contributed by atoms with Crippen LogP contribution < -0.4 is 5.32 Å². The molecule has 1 unspecified atom stereocenters. The maximum atomic E-state index is 12.5. The quantitative estimate of drug-likeness (QED) is 0.619. The average molecular weight is 406 g/mol. The molecule has 0 bridgehead atoms. The first-order valence-electron chi connectivity index (χ1n) is 9.44. The number of imidazole rings is 1. The zero-order valence-corrected chi connectivity index (χ0v) is 15.9. The zero-order chi connectivity index (χ0) is 21.1. The highest BCUT2D eigenvalue weighted by atomic mass is 16.5. The topological polar surface area (TPSA) is 134 Å². The van der Waals surface area contributed by atoms with Crippen LogP contribution in [0, 0.1) is 11.3 Å².